The second kappa shape index (κ2) is 6.55. The molecule has 2 N–H and O–H groups in total. The molecule has 0 bridgehead atoms. The molecular formula is C21H39N3. The Morgan fingerprint density at radius 1 is 1.00 bits per heavy atom. The zero-order valence-electron chi connectivity index (χ0n) is 16.4. The Bertz CT molecular complexity index is 437. The molecule has 4 fully saturated rings. The normalized spacial score (nSPS) is 44.5. The molecule has 6 atom stereocenters. The van der Waals surface area contributed by atoms with E-state index in [0.29, 0.717) is 11.6 Å². The van der Waals surface area contributed by atoms with Gasteiger partial charge in [0.05, 0.1) is 6.17 Å². The van der Waals surface area contributed by atoms with E-state index >= 15 is 0 Å². The molecule has 3 saturated heterocycles. The van der Waals surface area contributed by atoms with Crippen LogP contribution in [-0.4, -0.2) is 42.8 Å². The minimum absolute atomic E-state index is 0.377. The number of nitrogens with one attached hydrogen (secondary N) is 2. The van der Waals surface area contributed by atoms with Gasteiger partial charge in [0.15, 0.2) is 0 Å². The summed E-state index contributed by atoms with van der Waals surface area (Å²) in [7, 11) is 0. The summed E-state index contributed by atoms with van der Waals surface area (Å²) in [6.45, 7) is 13.5. The second-order valence-electron chi connectivity index (χ2n) is 10.1. The number of rotatable bonds is 2. The first-order chi connectivity index (χ1) is 11.5. The molecule has 3 aliphatic heterocycles. The molecule has 0 spiro atoms. The number of piperidine rings is 1. The Balaban J connectivity index is 1.69. The molecule has 0 amide bonds. The molecule has 1 saturated carbocycles. The number of fused-ring (bicyclic) bond motifs is 3. The van der Waals surface area contributed by atoms with Gasteiger partial charge >= 0.3 is 0 Å². The summed E-state index contributed by atoms with van der Waals surface area (Å²) in [6, 6.07) is 1.51. The van der Waals surface area contributed by atoms with Crippen LogP contribution >= 0.6 is 0 Å². The molecule has 0 aromatic heterocycles. The maximum atomic E-state index is 4.11. The highest BCUT2D eigenvalue weighted by Crippen LogP contribution is 2.54. The predicted octanol–water partition coefficient (Wildman–Crippen LogP) is 3.46. The molecule has 3 nitrogen and oxygen atoms in total. The number of likely N-dealkylation sites (tertiary alicyclic amines) is 1. The first kappa shape index (κ1) is 17.3. The largest absolute Gasteiger partial charge is 0.316 e. The van der Waals surface area contributed by atoms with E-state index in [2.05, 4.69) is 43.2 Å². The topological polar surface area (TPSA) is 27.3 Å². The van der Waals surface area contributed by atoms with Crippen molar-refractivity contribution in [1.82, 2.24) is 15.5 Å². The monoisotopic (exact) mass is 333 g/mol. The quantitative estimate of drug-likeness (QED) is 0.810. The van der Waals surface area contributed by atoms with Crippen molar-refractivity contribution in [1.29, 1.82) is 0 Å². The van der Waals surface area contributed by atoms with Gasteiger partial charge in [-0.05, 0) is 55.1 Å². The molecule has 3 heterocycles. The van der Waals surface area contributed by atoms with Crippen molar-refractivity contribution < 1.29 is 0 Å². The third-order valence-corrected chi connectivity index (χ3v) is 7.74. The average Bonchev–Trinajstić information content (AvgIpc) is 3.09. The Hall–Kier alpha value is -0.120. The Kier molecular flexibility index (Phi) is 4.73. The fourth-order valence-electron chi connectivity index (χ4n) is 7.04. The lowest BCUT2D eigenvalue weighted by Gasteiger charge is -2.45. The maximum Gasteiger partial charge on any atom is 0.0638 e. The van der Waals surface area contributed by atoms with Crippen LogP contribution in [0.3, 0.4) is 0 Å². The van der Waals surface area contributed by atoms with E-state index in [9.17, 15) is 0 Å². The van der Waals surface area contributed by atoms with Crippen molar-refractivity contribution in [2.24, 2.45) is 29.1 Å². The molecule has 1 aliphatic carbocycles. The van der Waals surface area contributed by atoms with Gasteiger partial charge < -0.3 is 5.32 Å². The summed E-state index contributed by atoms with van der Waals surface area (Å²) in [5.41, 5.74) is 0.377. The molecule has 0 radical (unpaired) electrons. The smallest absolute Gasteiger partial charge is 0.0638 e. The standard InChI is InChI=1S/C21H39N3/c1-5-24-19(21(2,3)4)17(14-9-7-6-8-10-14)18-15-13-22-12-11-16(15)23-20(18)24/h14-20,22-23H,5-13H2,1-4H3. The van der Waals surface area contributed by atoms with Gasteiger partial charge in [0, 0.05) is 12.1 Å². The van der Waals surface area contributed by atoms with Gasteiger partial charge in [0.25, 0.3) is 0 Å². The fraction of sp³-hybridized carbons (Fsp3) is 1.00. The van der Waals surface area contributed by atoms with Crippen molar-refractivity contribution in [2.75, 3.05) is 19.6 Å². The fourth-order valence-corrected chi connectivity index (χ4v) is 7.04. The van der Waals surface area contributed by atoms with Gasteiger partial charge in [0.2, 0.25) is 0 Å². The molecule has 0 aromatic rings. The highest BCUT2D eigenvalue weighted by atomic mass is 15.4. The third-order valence-electron chi connectivity index (χ3n) is 7.74. The van der Waals surface area contributed by atoms with E-state index < -0.39 is 0 Å². The molecule has 0 aromatic carbocycles. The van der Waals surface area contributed by atoms with Crippen LogP contribution in [0.4, 0.5) is 0 Å². The van der Waals surface area contributed by atoms with Crippen molar-refractivity contribution in [3.8, 4) is 0 Å². The summed E-state index contributed by atoms with van der Waals surface area (Å²) in [5, 5.41) is 7.83. The van der Waals surface area contributed by atoms with Gasteiger partial charge in [-0.1, -0.05) is 59.8 Å². The van der Waals surface area contributed by atoms with Crippen molar-refractivity contribution >= 4 is 0 Å². The maximum absolute atomic E-state index is 4.11. The minimum atomic E-state index is 0.377. The van der Waals surface area contributed by atoms with Crippen LogP contribution in [0.2, 0.25) is 0 Å². The van der Waals surface area contributed by atoms with Crippen LogP contribution in [0, 0.1) is 29.1 Å². The van der Waals surface area contributed by atoms with Crippen LogP contribution in [0.15, 0.2) is 0 Å². The van der Waals surface area contributed by atoms with Crippen LogP contribution in [0.1, 0.15) is 66.2 Å². The van der Waals surface area contributed by atoms with Gasteiger partial charge in [-0.25, -0.2) is 0 Å². The zero-order chi connectivity index (χ0) is 16.9. The first-order valence-corrected chi connectivity index (χ1v) is 10.7. The Labute approximate surface area is 149 Å². The van der Waals surface area contributed by atoms with Gasteiger partial charge in [-0.15, -0.1) is 0 Å². The summed E-state index contributed by atoms with van der Waals surface area (Å²) in [5.74, 6) is 3.60. The molecular weight excluding hydrogens is 294 g/mol. The van der Waals surface area contributed by atoms with Crippen LogP contribution in [0.25, 0.3) is 0 Å². The van der Waals surface area contributed by atoms with E-state index in [1.807, 2.05) is 0 Å². The van der Waals surface area contributed by atoms with Crippen molar-refractivity contribution in [2.45, 2.75) is 84.5 Å². The minimum Gasteiger partial charge on any atom is -0.316 e. The Morgan fingerprint density at radius 3 is 2.42 bits per heavy atom. The average molecular weight is 334 g/mol. The molecule has 24 heavy (non-hydrogen) atoms. The summed E-state index contributed by atoms with van der Waals surface area (Å²) < 4.78 is 0. The van der Waals surface area contributed by atoms with E-state index in [-0.39, 0.29) is 0 Å². The van der Waals surface area contributed by atoms with E-state index in [1.54, 1.807) is 0 Å². The van der Waals surface area contributed by atoms with E-state index in [0.717, 1.165) is 35.8 Å². The molecule has 6 unspecified atom stereocenters. The lowest BCUT2D eigenvalue weighted by Crippen LogP contribution is -2.53. The van der Waals surface area contributed by atoms with E-state index in [1.165, 1.54) is 58.2 Å². The highest BCUT2D eigenvalue weighted by Gasteiger charge is 2.60. The summed E-state index contributed by atoms with van der Waals surface area (Å²) >= 11 is 0. The lowest BCUT2D eigenvalue weighted by molar-refractivity contribution is 0.0462. The zero-order valence-corrected chi connectivity index (χ0v) is 16.4. The lowest BCUT2D eigenvalue weighted by atomic mass is 9.64. The van der Waals surface area contributed by atoms with Crippen molar-refractivity contribution in [3.05, 3.63) is 0 Å². The van der Waals surface area contributed by atoms with Gasteiger partial charge in [-0.2, -0.15) is 0 Å². The van der Waals surface area contributed by atoms with Crippen LogP contribution in [0.5, 0.6) is 0 Å². The van der Waals surface area contributed by atoms with E-state index in [4.69, 9.17) is 0 Å². The molecule has 4 rings (SSSR count). The summed E-state index contributed by atoms with van der Waals surface area (Å²) in [4.78, 5) is 2.88. The number of nitrogens with zero attached hydrogens (tertiary/aromatic N) is 1. The van der Waals surface area contributed by atoms with Crippen molar-refractivity contribution in [3.63, 3.8) is 0 Å². The number of hydrogen-bond donors (Lipinski definition) is 2. The molecule has 4 aliphatic rings. The predicted molar refractivity (Wildman–Crippen MR) is 101 cm³/mol. The highest BCUT2D eigenvalue weighted by molar-refractivity contribution is 5.13. The summed E-state index contributed by atoms with van der Waals surface area (Å²) in [6.07, 6.45) is 9.36. The van der Waals surface area contributed by atoms with Crippen LogP contribution in [-0.2, 0) is 0 Å². The Morgan fingerprint density at radius 2 is 1.75 bits per heavy atom. The second-order valence-corrected chi connectivity index (χ2v) is 10.1. The van der Waals surface area contributed by atoms with Gasteiger partial charge in [-0.3, -0.25) is 10.2 Å². The first-order valence-electron chi connectivity index (χ1n) is 10.7. The third kappa shape index (κ3) is 2.75. The number of hydrogen-bond acceptors (Lipinski definition) is 3. The van der Waals surface area contributed by atoms with Gasteiger partial charge in [0.1, 0.15) is 0 Å². The van der Waals surface area contributed by atoms with Crippen LogP contribution < -0.4 is 10.6 Å². The molecule has 138 valence electrons. The molecule has 3 heteroatoms. The SMILES string of the molecule is CCN1C2NC3CCNCC3C2C(C2CCCCC2)C1C(C)(C)C.